The third-order valence-electron chi connectivity index (χ3n) is 2.41. The van der Waals surface area contributed by atoms with Gasteiger partial charge in [-0.15, -0.1) is 0 Å². The van der Waals surface area contributed by atoms with E-state index in [1.165, 1.54) is 6.07 Å². The van der Waals surface area contributed by atoms with Crippen LogP contribution in [0.4, 0.5) is 4.39 Å². The van der Waals surface area contributed by atoms with Gasteiger partial charge in [0.15, 0.2) is 0 Å². The molecule has 0 fully saturated rings. The summed E-state index contributed by atoms with van der Waals surface area (Å²) in [5, 5.41) is 3.20. The number of nitrogens with zero attached hydrogens (tertiary/aromatic N) is 1. The predicted octanol–water partition coefficient (Wildman–Crippen LogP) is 1.68. The Morgan fingerprint density at radius 2 is 2.36 bits per heavy atom. The van der Waals surface area contributed by atoms with Crippen LogP contribution < -0.4 is 5.32 Å². The minimum atomic E-state index is -0.174. The Hall–Kier alpha value is -1.38. The summed E-state index contributed by atoms with van der Waals surface area (Å²) in [5.41, 5.74) is 2.13. The SMILES string of the molecule is Cc1cc(F)ccc1CC1=NCCN1. The first-order valence-electron chi connectivity index (χ1n) is 4.78. The molecule has 0 saturated carbocycles. The molecule has 2 nitrogen and oxygen atoms in total. The Morgan fingerprint density at radius 1 is 1.50 bits per heavy atom. The van der Waals surface area contributed by atoms with Crippen molar-refractivity contribution >= 4 is 5.84 Å². The Balaban J connectivity index is 2.16. The van der Waals surface area contributed by atoms with Crippen molar-refractivity contribution in [2.45, 2.75) is 13.3 Å². The van der Waals surface area contributed by atoms with Crippen LogP contribution in [0.5, 0.6) is 0 Å². The molecule has 1 aliphatic rings. The summed E-state index contributed by atoms with van der Waals surface area (Å²) >= 11 is 0. The molecular formula is C11H13FN2. The van der Waals surface area contributed by atoms with Crippen LogP contribution >= 0.6 is 0 Å². The van der Waals surface area contributed by atoms with E-state index in [1.807, 2.05) is 13.0 Å². The van der Waals surface area contributed by atoms with Crippen LogP contribution in [0, 0.1) is 12.7 Å². The van der Waals surface area contributed by atoms with Gasteiger partial charge in [0.1, 0.15) is 11.7 Å². The van der Waals surface area contributed by atoms with Crippen LogP contribution in [0.25, 0.3) is 0 Å². The number of nitrogens with one attached hydrogen (secondary N) is 1. The number of hydrogen-bond donors (Lipinski definition) is 1. The molecule has 0 aliphatic carbocycles. The van der Waals surface area contributed by atoms with Gasteiger partial charge < -0.3 is 5.32 Å². The topological polar surface area (TPSA) is 24.4 Å². The maximum atomic E-state index is 12.8. The monoisotopic (exact) mass is 192 g/mol. The molecule has 0 bridgehead atoms. The fraction of sp³-hybridized carbons (Fsp3) is 0.364. The van der Waals surface area contributed by atoms with Crippen LogP contribution in [0.1, 0.15) is 11.1 Å². The lowest BCUT2D eigenvalue weighted by Crippen LogP contribution is -2.20. The molecular weight excluding hydrogens is 179 g/mol. The summed E-state index contributed by atoms with van der Waals surface area (Å²) in [6.45, 7) is 3.71. The molecule has 0 saturated heterocycles. The van der Waals surface area contributed by atoms with Crippen LogP contribution in [0.15, 0.2) is 23.2 Å². The number of aliphatic imine (C=N–C) groups is 1. The number of amidine groups is 1. The fourth-order valence-corrected chi connectivity index (χ4v) is 1.60. The number of rotatable bonds is 2. The Kier molecular flexibility index (Phi) is 2.48. The van der Waals surface area contributed by atoms with Crippen LogP contribution in [0.2, 0.25) is 0 Å². The van der Waals surface area contributed by atoms with E-state index in [0.717, 1.165) is 36.5 Å². The van der Waals surface area contributed by atoms with Gasteiger partial charge in [0.2, 0.25) is 0 Å². The van der Waals surface area contributed by atoms with Gasteiger partial charge in [-0.2, -0.15) is 0 Å². The lowest BCUT2D eigenvalue weighted by molar-refractivity contribution is 0.626. The molecule has 1 aromatic carbocycles. The highest BCUT2D eigenvalue weighted by molar-refractivity contribution is 5.85. The lowest BCUT2D eigenvalue weighted by atomic mass is 10.1. The minimum Gasteiger partial charge on any atom is -0.372 e. The van der Waals surface area contributed by atoms with Crippen molar-refractivity contribution in [2.75, 3.05) is 13.1 Å². The van der Waals surface area contributed by atoms with Crippen LogP contribution in [-0.4, -0.2) is 18.9 Å². The van der Waals surface area contributed by atoms with Gasteiger partial charge in [0.25, 0.3) is 0 Å². The van der Waals surface area contributed by atoms with Crippen molar-refractivity contribution < 1.29 is 4.39 Å². The number of hydrogen-bond acceptors (Lipinski definition) is 2. The van der Waals surface area contributed by atoms with E-state index < -0.39 is 0 Å². The second-order valence-corrected chi connectivity index (χ2v) is 3.50. The van der Waals surface area contributed by atoms with Crippen LogP contribution in [0.3, 0.4) is 0 Å². The van der Waals surface area contributed by atoms with Gasteiger partial charge in [-0.25, -0.2) is 4.39 Å². The zero-order valence-electron chi connectivity index (χ0n) is 8.18. The molecule has 14 heavy (non-hydrogen) atoms. The van der Waals surface area contributed by atoms with Gasteiger partial charge >= 0.3 is 0 Å². The van der Waals surface area contributed by atoms with Crippen molar-refractivity contribution in [1.29, 1.82) is 0 Å². The van der Waals surface area contributed by atoms with E-state index in [2.05, 4.69) is 10.3 Å². The molecule has 0 atom stereocenters. The van der Waals surface area contributed by atoms with Crippen molar-refractivity contribution in [1.82, 2.24) is 5.32 Å². The molecule has 2 rings (SSSR count). The number of benzene rings is 1. The first kappa shape index (κ1) is 9.19. The molecule has 1 aliphatic heterocycles. The first-order valence-corrected chi connectivity index (χ1v) is 4.78. The molecule has 1 heterocycles. The average Bonchev–Trinajstić information content (AvgIpc) is 2.62. The molecule has 0 unspecified atom stereocenters. The van der Waals surface area contributed by atoms with Crippen molar-refractivity contribution in [3.05, 3.63) is 35.1 Å². The van der Waals surface area contributed by atoms with Crippen molar-refractivity contribution in [2.24, 2.45) is 4.99 Å². The third-order valence-corrected chi connectivity index (χ3v) is 2.41. The largest absolute Gasteiger partial charge is 0.372 e. The van der Waals surface area contributed by atoms with Crippen LogP contribution in [-0.2, 0) is 6.42 Å². The number of aryl methyl sites for hydroxylation is 1. The van der Waals surface area contributed by atoms with E-state index in [4.69, 9.17) is 0 Å². The van der Waals surface area contributed by atoms with Gasteiger partial charge in [-0.3, -0.25) is 4.99 Å². The smallest absolute Gasteiger partial charge is 0.123 e. The van der Waals surface area contributed by atoms with E-state index in [-0.39, 0.29) is 5.82 Å². The Morgan fingerprint density at radius 3 is 3.00 bits per heavy atom. The van der Waals surface area contributed by atoms with Gasteiger partial charge in [-0.05, 0) is 30.2 Å². The van der Waals surface area contributed by atoms with Gasteiger partial charge in [0, 0.05) is 13.0 Å². The second kappa shape index (κ2) is 3.78. The van der Waals surface area contributed by atoms with Gasteiger partial charge in [0.05, 0.1) is 6.54 Å². The quantitative estimate of drug-likeness (QED) is 0.757. The second-order valence-electron chi connectivity index (χ2n) is 3.50. The molecule has 0 amide bonds. The molecule has 0 radical (unpaired) electrons. The summed E-state index contributed by atoms with van der Waals surface area (Å²) in [6.07, 6.45) is 0.784. The van der Waals surface area contributed by atoms with Crippen molar-refractivity contribution in [3.8, 4) is 0 Å². The Bertz CT molecular complexity index is 372. The zero-order valence-corrected chi connectivity index (χ0v) is 8.18. The normalized spacial score (nSPS) is 15.1. The molecule has 0 spiro atoms. The highest BCUT2D eigenvalue weighted by Gasteiger charge is 2.07. The maximum Gasteiger partial charge on any atom is 0.123 e. The molecule has 0 aromatic heterocycles. The van der Waals surface area contributed by atoms with Crippen molar-refractivity contribution in [3.63, 3.8) is 0 Å². The number of halogens is 1. The standard InChI is InChI=1S/C11H13FN2/c1-8-6-10(12)3-2-9(8)7-11-13-4-5-14-11/h2-3,6H,4-5,7H2,1H3,(H,13,14). The minimum absolute atomic E-state index is 0.174. The summed E-state index contributed by atoms with van der Waals surface area (Å²) in [7, 11) is 0. The van der Waals surface area contributed by atoms with E-state index in [0.29, 0.717) is 0 Å². The molecule has 1 N–H and O–H groups in total. The summed E-state index contributed by atoms with van der Waals surface area (Å²) < 4.78 is 12.8. The highest BCUT2D eigenvalue weighted by Crippen LogP contribution is 2.11. The fourth-order valence-electron chi connectivity index (χ4n) is 1.60. The summed E-state index contributed by atoms with van der Waals surface area (Å²) in [4.78, 5) is 4.31. The summed E-state index contributed by atoms with van der Waals surface area (Å²) in [6, 6.07) is 4.88. The highest BCUT2D eigenvalue weighted by atomic mass is 19.1. The average molecular weight is 192 g/mol. The maximum absolute atomic E-state index is 12.8. The third kappa shape index (κ3) is 1.92. The van der Waals surface area contributed by atoms with E-state index in [1.54, 1.807) is 6.07 Å². The predicted molar refractivity (Wildman–Crippen MR) is 55.1 cm³/mol. The van der Waals surface area contributed by atoms with Gasteiger partial charge in [-0.1, -0.05) is 6.07 Å². The molecule has 3 heteroatoms. The van der Waals surface area contributed by atoms with E-state index >= 15 is 0 Å². The zero-order chi connectivity index (χ0) is 9.97. The van der Waals surface area contributed by atoms with E-state index in [9.17, 15) is 4.39 Å². The summed E-state index contributed by atoms with van der Waals surface area (Å²) in [5.74, 6) is 0.840. The lowest BCUT2D eigenvalue weighted by Gasteiger charge is -2.06. The first-order chi connectivity index (χ1) is 6.75. The molecule has 1 aromatic rings. The molecule has 74 valence electrons. The Labute approximate surface area is 82.9 Å².